The van der Waals surface area contributed by atoms with Gasteiger partial charge in [-0.3, -0.25) is 4.79 Å². The van der Waals surface area contributed by atoms with Crippen molar-refractivity contribution in [3.8, 4) is 0 Å². The Bertz CT molecular complexity index is 1370. The van der Waals surface area contributed by atoms with E-state index in [9.17, 15) is 21.6 Å². The zero-order valence-electron chi connectivity index (χ0n) is 23.2. The number of sulfonamides is 1. The molecule has 2 aliphatic rings. The number of nitrogens with zero attached hydrogens (tertiary/aromatic N) is 3. The topological polar surface area (TPSA) is 95.1 Å². The van der Waals surface area contributed by atoms with Crippen LogP contribution in [-0.2, 0) is 24.7 Å². The fourth-order valence-electron chi connectivity index (χ4n) is 5.33. The summed E-state index contributed by atoms with van der Waals surface area (Å²) in [5, 5.41) is 0. The molecule has 1 aliphatic heterocycles. The maximum atomic E-state index is 13.4. The van der Waals surface area contributed by atoms with E-state index in [1.165, 1.54) is 55.2 Å². The SMILES string of the molecule is CN(C(=O)/C=C/c1ccc(S(C)(=O)=O)cc1)c1ccc(S(=O)(=O)N2CCCN(CC3CCCCC3)CC2)cc1.Cl. The molecule has 220 valence electrons. The lowest BCUT2D eigenvalue weighted by Gasteiger charge is -2.28. The predicted octanol–water partition coefficient (Wildman–Crippen LogP) is 4.46. The van der Waals surface area contributed by atoms with Crippen molar-refractivity contribution < 1.29 is 21.6 Å². The number of halogens is 1. The lowest BCUT2D eigenvalue weighted by Crippen LogP contribution is -2.36. The molecule has 1 amide bonds. The van der Waals surface area contributed by atoms with Crippen molar-refractivity contribution in [1.82, 2.24) is 9.21 Å². The zero-order valence-corrected chi connectivity index (χ0v) is 25.7. The van der Waals surface area contributed by atoms with E-state index >= 15 is 0 Å². The third-order valence-electron chi connectivity index (χ3n) is 7.71. The summed E-state index contributed by atoms with van der Waals surface area (Å²) in [4.78, 5) is 17.0. The second-order valence-electron chi connectivity index (χ2n) is 10.6. The smallest absolute Gasteiger partial charge is 0.250 e. The molecule has 40 heavy (non-hydrogen) atoms. The van der Waals surface area contributed by atoms with Crippen molar-refractivity contribution in [3.63, 3.8) is 0 Å². The third kappa shape index (κ3) is 8.39. The van der Waals surface area contributed by atoms with Crippen LogP contribution in [0.25, 0.3) is 6.08 Å². The Kier molecular flexibility index (Phi) is 11.4. The normalized spacial score (nSPS) is 18.2. The third-order valence-corrected chi connectivity index (χ3v) is 10.7. The van der Waals surface area contributed by atoms with Crippen molar-refractivity contribution in [3.05, 3.63) is 60.2 Å². The molecule has 2 aromatic rings. The van der Waals surface area contributed by atoms with Crippen molar-refractivity contribution in [1.29, 1.82) is 0 Å². The highest BCUT2D eigenvalue weighted by Crippen LogP contribution is 2.26. The van der Waals surface area contributed by atoms with Gasteiger partial charge in [0.2, 0.25) is 10.0 Å². The van der Waals surface area contributed by atoms with Crippen LogP contribution < -0.4 is 4.90 Å². The van der Waals surface area contributed by atoms with E-state index < -0.39 is 19.9 Å². The predicted molar refractivity (Wildman–Crippen MR) is 162 cm³/mol. The highest BCUT2D eigenvalue weighted by atomic mass is 35.5. The van der Waals surface area contributed by atoms with Gasteiger partial charge in [0.25, 0.3) is 5.91 Å². The molecule has 1 heterocycles. The van der Waals surface area contributed by atoms with Crippen molar-refractivity contribution in [2.45, 2.75) is 48.3 Å². The first-order chi connectivity index (χ1) is 18.5. The number of benzene rings is 2. The molecular weight excluding hydrogens is 570 g/mol. The molecule has 2 aromatic carbocycles. The average Bonchev–Trinajstić information content (AvgIpc) is 3.18. The Morgan fingerprint density at radius 2 is 1.48 bits per heavy atom. The van der Waals surface area contributed by atoms with Crippen LogP contribution in [0.1, 0.15) is 44.1 Å². The standard InChI is InChI=1S/C29H39N3O5S2.ClH/c1-30(29(33)18-11-24-9-14-27(15-10-24)38(2,34)35)26-12-16-28(17-13-26)39(36,37)32-20-6-19-31(21-22-32)23-25-7-4-3-5-8-25;/h9-18,25H,3-8,19-23H2,1-2H3;1H/b18-11+;. The lowest BCUT2D eigenvalue weighted by atomic mass is 9.89. The maximum absolute atomic E-state index is 13.4. The monoisotopic (exact) mass is 609 g/mol. The molecule has 1 saturated carbocycles. The van der Waals surface area contributed by atoms with Crippen LogP contribution >= 0.6 is 12.4 Å². The van der Waals surface area contributed by atoms with Crippen LogP contribution in [0.5, 0.6) is 0 Å². The number of hydrogen-bond donors (Lipinski definition) is 0. The minimum absolute atomic E-state index is 0. The van der Waals surface area contributed by atoms with Gasteiger partial charge in [0.15, 0.2) is 9.84 Å². The molecule has 0 aromatic heterocycles. The zero-order chi connectivity index (χ0) is 28.0. The minimum atomic E-state index is -3.62. The number of likely N-dealkylation sites (N-methyl/N-ethyl adjacent to an activating group) is 1. The Morgan fingerprint density at radius 1 is 0.850 bits per heavy atom. The molecule has 0 N–H and O–H groups in total. The summed E-state index contributed by atoms with van der Waals surface area (Å²) >= 11 is 0. The molecule has 4 rings (SSSR count). The fraction of sp³-hybridized carbons (Fsp3) is 0.483. The van der Waals surface area contributed by atoms with E-state index in [0.29, 0.717) is 24.3 Å². The summed E-state index contributed by atoms with van der Waals surface area (Å²) in [6.07, 6.45) is 11.5. The van der Waals surface area contributed by atoms with Gasteiger partial charge in [0.1, 0.15) is 0 Å². The number of amides is 1. The van der Waals surface area contributed by atoms with E-state index in [4.69, 9.17) is 0 Å². The molecule has 0 atom stereocenters. The molecule has 0 bridgehead atoms. The number of sulfone groups is 1. The number of rotatable bonds is 8. The molecule has 8 nitrogen and oxygen atoms in total. The molecular formula is C29H40ClN3O5S2. The van der Waals surface area contributed by atoms with Crippen molar-refractivity contribution >= 4 is 49.9 Å². The van der Waals surface area contributed by atoms with Gasteiger partial charge in [-0.1, -0.05) is 31.4 Å². The van der Waals surface area contributed by atoms with Gasteiger partial charge in [0, 0.05) is 51.2 Å². The second-order valence-corrected chi connectivity index (χ2v) is 14.6. The molecule has 0 unspecified atom stereocenters. The Balaban J connectivity index is 0.00000441. The number of hydrogen-bond acceptors (Lipinski definition) is 6. The summed E-state index contributed by atoms with van der Waals surface area (Å²) in [6.45, 7) is 3.77. The first-order valence-electron chi connectivity index (χ1n) is 13.6. The average molecular weight is 610 g/mol. The van der Waals surface area contributed by atoms with Crippen LogP contribution in [0.2, 0.25) is 0 Å². The van der Waals surface area contributed by atoms with Crippen molar-refractivity contribution in [2.75, 3.05) is 50.9 Å². The minimum Gasteiger partial charge on any atom is -0.312 e. The molecule has 2 fully saturated rings. The van der Waals surface area contributed by atoms with Gasteiger partial charge < -0.3 is 9.80 Å². The van der Waals surface area contributed by atoms with E-state index in [1.807, 2.05) is 0 Å². The van der Waals surface area contributed by atoms with Crippen LogP contribution in [0, 0.1) is 5.92 Å². The van der Waals surface area contributed by atoms with Gasteiger partial charge in [-0.2, -0.15) is 4.31 Å². The van der Waals surface area contributed by atoms with E-state index in [0.717, 1.165) is 38.2 Å². The number of carbonyl (C=O) groups is 1. The van der Waals surface area contributed by atoms with Crippen LogP contribution in [0.15, 0.2) is 64.4 Å². The second kappa shape index (κ2) is 14.1. The highest BCUT2D eigenvalue weighted by molar-refractivity contribution is 7.90. The van der Waals surface area contributed by atoms with Gasteiger partial charge in [0.05, 0.1) is 9.79 Å². The van der Waals surface area contributed by atoms with Gasteiger partial charge >= 0.3 is 0 Å². The largest absolute Gasteiger partial charge is 0.312 e. The fourth-order valence-corrected chi connectivity index (χ4v) is 7.43. The molecule has 1 aliphatic carbocycles. The summed E-state index contributed by atoms with van der Waals surface area (Å²) in [7, 11) is -5.27. The van der Waals surface area contributed by atoms with Gasteiger partial charge in [-0.25, -0.2) is 16.8 Å². The first-order valence-corrected chi connectivity index (χ1v) is 17.0. The summed E-state index contributed by atoms with van der Waals surface area (Å²) in [6, 6.07) is 12.7. The van der Waals surface area contributed by atoms with Crippen LogP contribution in [0.4, 0.5) is 5.69 Å². The first kappa shape index (κ1) is 32.3. The Morgan fingerprint density at radius 3 is 2.10 bits per heavy atom. The molecule has 11 heteroatoms. The van der Waals surface area contributed by atoms with Crippen LogP contribution in [-0.4, -0.2) is 78.0 Å². The Hall–Kier alpha value is -2.24. The van der Waals surface area contributed by atoms with E-state index in [2.05, 4.69) is 4.90 Å². The number of carbonyl (C=O) groups excluding carboxylic acids is 1. The van der Waals surface area contributed by atoms with Crippen molar-refractivity contribution in [2.24, 2.45) is 5.92 Å². The maximum Gasteiger partial charge on any atom is 0.250 e. The highest BCUT2D eigenvalue weighted by Gasteiger charge is 2.28. The van der Waals surface area contributed by atoms with E-state index in [-0.39, 0.29) is 28.1 Å². The van der Waals surface area contributed by atoms with Gasteiger partial charge in [-0.05, 0) is 79.8 Å². The van der Waals surface area contributed by atoms with Gasteiger partial charge in [-0.15, -0.1) is 12.4 Å². The summed E-state index contributed by atoms with van der Waals surface area (Å²) in [5.41, 5.74) is 1.27. The quantitative estimate of drug-likeness (QED) is 0.410. The summed E-state index contributed by atoms with van der Waals surface area (Å²) < 4.78 is 51.6. The summed E-state index contributed by atoms with van der Waals surface area (Å²) in [5.74, 6) is 0.452. The van der Waals surface area contributed by atoms with E-state index in [1.54, 1.807) is 53.8 Å². The Labute approximate surface area is 245 Å². The molecule has 0 radical (unpaired) electrons. The lowest BCUT2D eigenvalue weighted by molar-refractivity contribution is -0.113. The molecule has 0 spiro atoms. The van der Waals surface area contributed by atoms with Crippen LogP contribution in [0.3, 0.4) is 0 Å². The molecule has 1 saturated heterocycles. The number of anilines is 1.